The highest BCUT2D eigenvalue weighted by molar-refractivity contribution is 5.89. The number of hydrogen-bond donors (Lipinski definition) is 0. The lowest BCUT2D eigenvalue weighted by Gasteiger charge is -2.21. The molecule has 21 heavy (non-hydrogen) atoms. The molecule has 0 bridgehead atoms. The van der Waals surface area contributed by atoms with E-state index in [0.29, 0.717) is 12.3 Å². The Balaban J connectivity index is 2.08. The first kappa shape index (κ1) is 13.7. The number of aromatic nitrogens is 2. The number of fused-ring (bicyclic) bond motifs is 3. The highest BCUT2D eigenvalue weighted by Gasteiger charge is 2.25. The number of aryl methyl sites for hydroxylation is 2. The number of rotatable bonds is 3. The molecule has 0 spiro atoms. The standard InChI is InChI=1S/C16H18N2O3/c1-4-21-16(19)15-12-6-5-11-8-14(20-3)10(2)7-13(11)18(12)9-17-15/h7-9H,4-6H2,1-3H3. The topological polar surface area (TPSA) is 53.3 Å². The van der Waals surface area contributed by atoms with Gasteiger partial charge in [0.2, 0.25) is 0 Å². The number of hydrogen-bond acceptors (Lipinski definition) is 4. The quantitative estimate of drug-likeness (QED) is 0.813. The van der Waals surface area contributed by atoms with Gasteiger partial charge >= 0.3 is 5.97 Å². The van der Waals surface area contributed by atoms with Gasteiger partial charge in [-0.15, -0.1) is 0 Å². The molecule has 0 fully saturated rings. The summed E-state index contributed by atoms with van der Waals surface area (Å²) in [5.74, 6) is 0.544. The van der Waals surface area contributed by atoms with E-state index in [9.17, 15) is 4.79 Å². The molecule has 1 aromatic carbocycles. The number of methoxy groups -OCH3 is 1. The summed E-state index contributed by atoms with van der Waals surface area (Å²) in [6, 6.07) is 4.14. The summed E-state index contributed by atoms with van der Waals surface area (Å²) in [5.41, 5.74) is 4.69. The van der Waals surface area contributed by atoms with Crippen LogP contribution in [0, 0.1) is 6.92 Å². The third kappa shape index (κ3) is 2.18. The summed E-state index contributed by atoms with van der Waals surface area (Å²) in [7, 11) is 1.68. The van der Waals surface area contributed by atoms with Crippen LogP contribution >= 0.6 is 0 Å². The number of carbonyl (C=O) groups is 1. The molecule has 3 rings (SSSR count). The van der Waals surface area contributed by atoms with Gasteiger partial charge in [-0.05, 0) is 49.9 Å². The molecular formula is C16H18N2O3. The van der Waals surface area contributed by atoms with Gasteiger partial charge in [0, 0.05) is 0 Å². The number of imidazole rings is 1. The van der Waals surface area contributed by atoms with E-state index in [-0.39, 0.29) is 5.97 Å². The van der Waals surface area contributed by atoms with Crippen molar-refractivity contribution in [1.29, 1.82) is 0 Å². The first-order valence-electron chi connectivity index (χ1n) is 7.07. The Bertz CT molecular complexity index is 704. The third-order valence-corrected chi connectivity index (χ3v) is 3.82. The predicted octanol–water partition coefficient (Wildman–Crippen LogP) is 2.46. The Morgan fingerprint density at radius 3 is 2.90 bits per heavy atom. The van der Waals surface area contributed by atoms with Crippen LogP contribution in [0.2, 0.25) is 0 Å². The van der Waals surface area contributed by atoms with E-state index in [1.165, 1.54) is 5.56 Å². The van der Waals surface area contributed by atoms with Gasteiger partial charge in [0.25, 0.3) is 0 Å². The lowest BCUT2D eigenvalue weighted by molar-refractivity contribution is 0.0518. The fourth-order valence-electron chi connectivity index (χ4n) is 2.80. The van der Waals surface area contributed by atoms with E-state index in [0.717, 1.165) is 35.5 Å². The van der Waals surface area contributed by atoms with Crippen LogP contribution in [-0.2, 0) is 17.6 Å². The highest BCUT2D eigenvalue weighted by atomic mass is 16.5. The zero-order valence-corrected chi connectivity index (χ0v) is 12.5. The Morgan fingerprint density at radius 2 is 2.19 bits per heavy atom. The van der Waals surface area contributed by atoms with Crippen LogP contribution in [0.1, 0.15) is 34.2 Å². The highest BCUT2D eigenvalue weighted by Crippen LogP contribution is 2.31. The molecule has 0 aliphatic carbocycles. The predicted molar refractivity (Wildman–Crippen MR) is 78.2 cm³/mol. The lowest BCUT2D eigenvalue weighted by Crippen LogP contribution is -2.16. The largest absolute Gasteiger partial charge is 0.496 e. The molecule has 0 radical (unpaired) electrons. The van der Waals surface area contributed by atoms with Crippen LogP contribution in [0.4, 0.5) is 0 Å². The Labute approximate surface area is 123 Å². The maximum absolute atomic E-state index is 11.9. The minimum absolute atomic E-state index is 0.347. The number of ether oxygens (including phenoxy) is 2. The van der Waals surface area contributed by atoms with Crippen LogP contribution < -0.4 is 4.74 Å². The fraction of sp³-hybridized carbons (Fsp3) is 0.375. The summed E-state index contributed by atoms with van der Waals surface area (Å²) >= 11 is 0. The lowest BCUT2D eigenvalue weighted by atomic mass is 9.98. The molecule has 0 atom stereocenters. The molecule has 0 N–H and O–H groups in total. The van der Waals surface area contributed by atoms with Gasteiger partial charge in [-0.1, -0.05) is 0 Å². The van der Waals surface area contributed by atoms with Crippen molar-refractivity contribution < 1.29 is 14.3 Å². The molecule has 0 saturated carbocycles. The number of carbonyl (C=O) groups excluding carboxylic acids is 1. The van der Waals surface area contributed by atoms with Crippen LogP contribution in [-0.4, -0.2) is 29.2 Å². The maximum atomic E-state index is 11.9. The first-order valence-corrected chi connectivity index (χ1v) is 7.07. The van der Waals surface area contributed by atoms with Crippen molar-refractivity contribution in [3.8, 4) is 11.4 Å². The average molecular weight is 286 g/mol. The second kappa shape index (κ2) is 5.24. The molecular weight excluding hydrogens is 268 g/mol. The van der Waals surface area contributed by atoms with Crippen molar-refractivity contribution in [1.82, 2.24) is 9.55 Å². The molecule has 5 nitrogen and oxygen atoms in total. The average Bonchev–Trinajstić information content (AvgIpc) is 2.91. The number of benzene rings is 1. The Hall–Kier alpha value is -2.30. The first-order chi connectivity index (χ1) is 10.2. The van der Waals surface area contributed by atoms with Gasteiger partial charge in [0.15, 0.2) is 5.69 Å². The van der Waals surface area contributed by atoms with Gasteiger partial charge in [-0.25, -0.2) is 9.78 Å². The van der Waals surface area contributed by atoms with Crippen molar-refractivity contribution in [2.24, 2.45) is 0 Å². The van der Waals surface area contributed by atoms with E-state index in [2.05, 4.69) is 17.1 Å². The summed E-state index contributed by atoms with van der Waals surface area (Å²) in [6.07, 6.45) is 3.34. The van der Waals surface area contributed by atoms with Crippen molar-refractivity contribution in [2.75, 3.05) is 13.7 Å². The SMILES string of the molecule is CCOC(=O)c1ncn2c1CCc1cc(OC)c(C)cc1-2. The Kier molecular flexibility index (Phi) is 3.41. The summed E-state index contributed by atoms with van der Waals surface area (Å²) in [6.45, 7) is 4.17. The molecule has 0 amide bonds. The van der Waals surface area contributed by atoms with Gasteiger partial charge in [0.05, 0.1) is 25.1 Å². The van der Waals surface area contributed by atoms with Crippen molar-refractivity contribution in [2.45, 2.75) is 26.7 Å². The van der Waals surface area contributed by atoms with E-state index >= 15 is 0 Å². The third-order valence-electron chi connectivity index (χ3n) is 3.82. The molecule has 0 unspecified atom stereocenters. The van der Waals surface area contributed by atoms with E-state index in [1.807, 2.05) is 11.5 Å². The van der Waals surface area contributed by atoms with Crippen molar-refractivity contribution in [3.63, 3.8) is 0 Å². The molecule has 5 heteroatoms. The zero-order chi connectivity index (χ0) is 15.0. The molecule has 1 aromatic heterocycles. The summed E-state index contributed by atoms with van der Waals surface area (Å²) in [5, 5.41) is 0. The molecule has 1 aliphatic rings. The minimum atomic E-state index is -0.347. The zero-order valence-electron chi connectivity index (χ0n) is 12.5. The maximum Gasteiger partial charge on any atom is 0.358 e. The second-order valence-electron chi connectivity index (χ2n) is 5.08. The minimum Gasteiger partial charge on any atom is -0.496 e. The molecule has 2 aromatic rings. The van der Waals surface area contributed by atoms with Crippen LogP contribution in [0.3, 0.4) is 0 Å². The molecule has 2 heterocycles. The van der Waals surface area contributed by atoms with E-state index in [4.69, 9.17) is 9.47 Å². The van der Waals surface area contributed by atoms with Crippen molar-refractivity contribution in [3.05, 3.63) is 41.0 Å². The smallest absolute Gasteiger partial charge is 0.358 e. The van der Waals surface area contributed by atoms with Crippen LogP contribution in [0.25, 0.3) is 5.69 Å². The van der Waals surface area contributed by atoms with Crippen LogP contribution in [0.15, 0.2) is 18.5 Å². The van der Waals surface area contributed by atoms with E-state index < -0.39 is 0 Å². The Morgan fingerprint density at radius 1 is 1.38 bits per heavy atom. The van der Waals surface area contributed by atoms with E-state index in [1.54, 1.807) is 20.4 Å². The van der Waals surface area contributed by atoms with Gasteiger partial charge in [-0.3, -0.25) is 0 Å². The molecule has 110 valence electrons. The van der Waals surface area contributed by atoms with Gasteiger partial charge in [0.1, 0.15) is 12.1 Å². The summed E-state index contributed by atoms with van der Waals surface area (Å²) in [4.78, 5) is 16.2. The molecule has 1 aliphatic heterocycles. The van der Waals surface area contributed by atoms with Crippen molar-refractivity contribution >= 4 is 5.97 Å². The normalized spacial score (nSPS) is 12.5. The van der Waals surface area contributed by atoms with Gasteiger partial charge < -0.3 is 14.0 Å². The monoisotopic (exact) mass is 286 g/mol. The summed E-state index contributed by atoms with van der Waals surface area (Å²) < 4.78 is 12.4. The van der Waals surface area contributed by atoms with Crippen LogP contribution in [0.5, 0.6) is 5.75 Å². The molecule has 0 saturated heterocycles. The fourth-order valence-corrected chi connectivity index (χ4v) is 2.80. The number of nitrogens with zero attached hydrogens (tertiary/aromatic N) is 2. The van der Waals surface area contributed by atoms with Gasteiger partial charge in [-0.2, -0.15) is 0 Å². The second-order valence-corrected chi connectivity index (χ2v) is 5.08. The number of esters is 1.